The van der Waals surface area contributed by atoms with E-state index in [0.29, 0.717) is 0 Å². The van der Waals surface area contributed by atoms with Gasteiger partial charge in [-0.15, -0.1) is 11.3 Å². The number of thiophene rings is 1. The van der Waals surface area contributed by atoms with Crippen molar-refractivity contribution in [2.24, 2.45) is 0 Å². The van der Waals surface area contributed by atoms with E-state index in [-0.39, 0.29) is 0 Å². The summed E-state index contributed by atoms with van der Waals surface area (Å²) in [5.74, 6) is 0. The van der Waals surface area contributed by atoms with Crippen LogP contribution in [0.5, 0.6) is 0 Å². The van der Waals surface area contributed by atoms with Crippen LogP contribution in [0, 0.1) is 0 Å². The van der Waals surface area contributed by atoms with Crippen molar-refractivity contribution in [2.75, 3.05) is 0 Å². The zero-order chi connectivity index (χ0) is 41.9. The number of para-hydroxylation sites is 3. The van der Waals surface area contributed by atoms with Gasteiger partial charge in [0.15, 0.2) is 0 Å². The molecule has 0 N–H and O–H groups in total. The lowest BCUT2D eigenvalue weighted by molar-refractivity contribution is 0.968. The molecule has 4 heterocycles. The van der Waals surface area contributed by atoms with Gasteiger partial charge in [-0.25, -0.2) is 0 Å². The van der Waals surface area contributed by atoms with Crippen molar-refractivity contribution >= 4 is 92.1 Å². The molecule has 4 heteroatoms. The van der Waals surface area contributed by atoms with Crippen LogP contribution in [0.25, 0.3) is 120 Å². The SMILES string of the molecule is C1=Cc2c(c3ccccc3n2-c2ccc3sc4c(ccc5c6cc(-n7c8ccccc8c8ccccc87)ccc6n(-c6cccc(-c7cccc(-c8ccccc8)c7)c6)c54)c3c2)CC1. The molecule has 0 unspecified atom stereocenters. The highest BCUT2D eigenvalue weighted by molar-refractivity contribution is 7.26. The van der Waals surface area contributed by atoms with Crippen LogP contribution in [0.1, 0.15) is 17.7 Å². The number of hydrogen-bond acceptors (Lipinski definition) is 1. The summed E-state index contributed by atoms with van der Waals surface area (Å²) in [6, 6.07) is 74.2. The molecule has 4 aromatic heterocycles. The van der Waals surface area contributed by atoms with Gasteiger partial charge >= 0.3 is 0 Å². The minimum absolute atomic E-state index is 1.07. The molecule has 0 bridgehead atoms. The average Bonchev–Trinajstić information content (AvgIpc) is 4.10. The Balaban J connectivity index is 1.02. The number of benzene rings is 9. The first-order valence-corrected chi connectivity index (χ1v) is 23.0. The van der Waals surface area contributed by atoms with E-state index in [9.17, 15) is 0 Å². The average molecular weight is 834 g/mol. The Labute approximate surface area is 373 Å². The monoisotopic (exact) mass is 833 g/mol. The molecule has 9 aromatic carbocycles. The van der Waals surface area contributed by atoms with E-state index in [0.717, 1.165) is 24.2 Å². The molecule has 0 saturated carbocycles. The van der Waals surface area contributed by atoms with Crippen molar-refractivity contribution < 1.29 is 0 Å². The molecule has 0 aliphatic heterocycles. The fourth-order valence-corrected chi connectivity index (χ4v) is 12.1. The van der Waals surface area contributed by atoms with Crippen LogP contribution in [-0.2, 0) is 6.42 Å². The summed E-state index contributed by atoms with van der Waals surface area (Å²) < 4.78 is 10.0. The third kappa shape index (κ3) is 5.21. The van der Waals surface area contributed by atoms with E-state index in [1.807, 2.05) is 11.3 Å². The van der Waals surface area contributed by atoms with Crippen LogP contribution < -0.4 is 0 Å². The fraction of sp³-hybridized carbons (Fsp3) is 0.0333. The van der Waals surface area contributed by atoms with Gasteiger partial charge in [0.25, 0.3) is 0 Å². The highest BCUT2D eigenvalue weighted by Gasteiger charge is 2.22. The van der Waals surface area contributed by atoms with E-state index in [2.05, 4.69) is 226 Å². The summed E-state index contributed by atoms with van der Waals surface area (Å²) in [6.45, 7) is 0. The minimum Gasteiger partial charge on any atom is -0.310 e. The predicted molar refractivity (Wildman–Crippen MR) is 273 cm³/mol. The maximum absolute atomic E-state index is 2.53. The standard InChI is InChI=1S/C60H39N3S/c1-2-14-38(15-3-1)39-16-12-17-40(34-39)41-18-13-19-42(35-41)63-57-32-28-43(61-53-24-8-4-20-45(53)46-21-5-9-25-54(46)61)36-51(57)49-30-31-50-52-37-44(29-33-58(52)64-60(50)59(49)63)62-55-26-10-6-22-47(55)48-23-7-11-27-56(48)62/h1-6,8-22,24-37H,7,23H2. The van der Waals surface area contributed by atoms with Crippen molar-refractivity contribution in [3.63, 3.8) is 0 Å². The second-order valence-corrected chi connectivity index (χ2v) is 18.2. The number of aryl methyl sites for hydroxylation is 1. The zero-order valence-corrected chi connectivity index (χ0v) is 35.7. The molecule has 3 nitrogen and oxygen atoms in total. The van der Waals surface area contributed by atoms with Crippen molar-refractivity contribution in [1.29, 1.82) is 0 Å². The molecule has 14 rings (SSSR count). The third-order valence-corrected chi connectivity index (χ3v) is 14.9. The summed E-state index contributed by atoms with van der Waals surface area (Å²) in [5, 5.41) is 8.97. The number of aromatic nitrogens is 3. The van der Waals surface area contributed by atoms with Crippen LogP contribution in [0.3, 0.4) is 0 Å². The van der Waals surface area contributed by atoms with Gasteiger partial charge in [-0.2, -0.15) is 0 Å². The van der Waals surface area contributed by atoms with Gasteiger partial charge in [-0.05, 0) is 120 Å². The second kappa shape index (κ2) is 13.8. The van der Waals surface area contributed by atoms with Gasteiger partial charge in [0, 0.05) is 65.2 Å². The molecule has 1 aliphatic rings. The van der Waals surface area contributed by atoms with Gasteiger partial charge < -0.3 is 13.7 Å². The molecule has 0 spiro atoms. The Kier molecular flexibility index (Phi) is 7.68. The van der Waals surface area contributed by atoms with Crippen LogP contribution in [0.2, 0.25) is 0 Å². The van der Waals surface area contributed by atoms with Crippen LogP contribution in [0.15, 0.2) is 206 Å². The number of rotatable bonds is 5. The lowest BCUT2D eigenvalue weighted by Gasteiger charge is -2.13. The Bertz CT molecular complexity index is 4020. The topological polar surface area (TPSA) is 14.8 Å². The number of allylic oxidation sites excluding steroid dienone is 1. The Morgan fingerprint density at radius 2 is 0.938 bits per heavy atom. The van der Waals surface area contributed by atoms with E-state index in [4.69, 9.17) is 0 Å². The summed E-state index contributed by atoms with van der Waals surface area (Å²) in [7, 11) is 0. The Morgan fingerprint density at radius 3 is 1.73 bits per heavy atom. The molecule has 1 aliphatic carbocycles. The summed E-state index contributed by atoms with van der Waals surface area (Å²) >= 11 is 1.91. The molecule has 64 heavy (non-hydrogen) atoms. The van der Waals surface area contributed by atoms with E-state index < -0.39 is 0 Å². The van der Waals surface area contributed by atoms with Crippen molar-refractivity contribution in [3.05, 3.63) is 218 Å². The number of fused-ring (bicyclic) bond motifs is 13. The van der Waals surface area contributed by atoms with E-state index in [1.165, 1.54) is 114 Å². The Hall–Kier alpha value is -7.92. The molecule has 0 saturated heterocycles. The fourth-order valence-electron chi connectivity index (χ4n) is 10.9. The normalized spacial score (nSPS) is 12.8. The lowest BCUT2D eigenvalue weighted by atomic mass is 9.99. The molecular formula is C60H39N3S. The maximum Gasteiger partial charge on any atom is 0.0719 e. The second-order valence-electron chi connectivity index (χ2n) is 17.2. The van der Waals surface area contributed by atoms with E-state index >= 15 is 0 Å². The predicted octanol–water partition coefficient (Wildman–Crippen LogP) is 16.5. The molecular weight excluding hydrogens is 795 g/mol. The van der Waals surface area contributed by atoms with Crippen LogP contribution >= 0.6 is 11.3 Å². The molecule has 0 amide bonds. The first-order valence-electron chi connectivity index (χ1n) is 22.2. The summed E-state index contributed by atoms with van der Waals surface area (Å²) in [5.41, 5.74) is 17.2. The van der Waals surface area contributed by atoms with Crippen molar-refractivity contribution in [3.8, 4) is 39.3 Å². The smallest absolute Gasteiger partial charge is 0.0719 e. The lowest BCUT2D eigenvalue weighted by Crippen LogP contribution is -2.00. The van der Waals surface area contributed by atoms with E-state index in [1.54, 1.807) is 0 Å². The molecule has 0 atom stereocenters. The molecule has 13 aromatic rings. The first kappa shape index (κ1) is 35.7. The largest absolute Gasteiger partial charge is 0.310 e. The third-order valence-electron chi connectivity index (χ3n) is 13.7. The maximum atomic E-state index is 2.53. The minimum atomic E-state index is 1.07. The molecule has 300 valence electrons. The van der Waals surface area contributed by atoms with Gasteiger partial charge in [0.05, 0.1) is 32.3 Å². The van der Waals surface area contributed by atoms with Gasteiger partial charge in [0.2, 0.25) is 0 Å². The van der Waals surface area contributed by atoms with Gasteiger partial charge in [-0.3, -0.25) is 0 Å². The van der Waals surface area contributed by atoms with Crippen molar-refractivity contribution in [2.45, 2.75) is 12.8 Å². The van der Waals surface area contributed by atoms with Crippen LogP contribution in [-0.4, -0.2) is 13.7 Å². The van der Waals surface area contributed by atoms with Crippen LogP contribution in [0.4, 0.5) is 0 Å². The zero-order valence-electron chi connectivity index (χ0n) is 34.9. The number of nitrogens with zero attached hydrogens (tertiary/aromatic N) is 3. The number of hydrogen-bond donors (Lipinski definition) is 0. The Morgan fingerprint density at radius 1 is 0.359 bits per heavy atom. The van der Waals surface area contributed by atoms with Gasteiger partial charge in [-0.1, -0.05) is 133 Å². The van der Waals surface area contributed by atoms with Crippen molar-refractivity contribution in [1.82, 2.24) is 13.7 Å². The highest BCUT2D eigenvalue weighted by Crippen LogP contribution is 2.45. The van der Waals surface area contributed by atoms with Gasteiger partial charge in [0.1, 0.15) is 0 Å². The quantitative estimate of drug-likeness (QED) is 0.164. The molecule has 0 radical (unpaired) electrons. The summed E-state index contributed by atoms with van der Waals surface area (Å²) in [4.78, 5) is 0. The first-order chi connectivity index (χ1) is 31.7. The summed E-state index contributed by atoms with van der Waals surface area (Å²) in [6.07, 6.45) is 6.82. The molecule has 0 fully saturated rings. The highest BCUT2D eigenvalue weighted by atomic mass is 32.1.